The quantitative estimate of drug-likeness (QED) is 0.763. The second-order valence-corrected chi connectivity index (χ2v) is 5.05. The lowest BCUT2D eigenvalue weighted by Gasteiger charge is -2.11. The Morgan fingerprint density at radius 3 is 2.90 bits per heavy atom. The molecular formula is C16H22N2O2. The number of fused-ring (bicyclic) bond motifs is 1. The molecule has 1 aromatic carbocycles. The van der Waals surface area contributed by atoms with Crippen LogP contribution in [0.4, 0.5) is 0 Å². The smallest absolute Gasteiger partial charge is 0.221 e. The molecule has 4 heteroatoms. The van der Waals surface area contributed by atoms with Gasteiger partial charge in [-0.05, 0) is 25.5 Å². The van der Waals surface area contributed by atoms with Crippen molar-refractivity contribution < 1.29 is 9.21 Å². The van der Waals surface area contributed by atoms with E-state index in [4.69, 9.17) is 4.42 Å². The number of hydrogen-bond acceptors (Lipinski definition) is 3. The monoisotopic (exact) mass is 274 g/mol. The fraction of sp³-hybridized carbons (Fsp3) is 0.438. The topological polar surface area (TPSA) is 54.3 Å². The summed E-state index contributed by atoms with van der Waals surface area (Å²) in [6.07, 6.45) is 1.45. The van der Waals surface area contributed by atoms with E-state index in [1.165, 1.54) is 0 Å². The number of amides is 1. The van der Waals surface area contributed by atoms with Crippen LogP contribution < -0.4 is 10.6 Å². The maximum Gasteiger partial charge on any atom is 0.221 e. The van der Waals surface area contributed by atoms with Crippen LogP contribution in [0, 0.1) is 0 Å². The molecule has 20 heavy (non-hydrogen) atoms. The van der Waals surface area contributed by atoms with Gasteiger partial charge in [-0.15, -0.1) is 0 Å². The molecule has 0 spiro atoms. The van der Waals surface area contributed by atoms with Gasteiger partial charge in [-0.1, -0.05) is 25.1 Å². The second-order valence-electron chi connectivity index (χ2n) is 5.05. The average molecular weight is 274 g/mol. The van der Waals surface area contributed by atoms with Crippen molar-refractivity contribution in [2.24, 2.45) is 0 Å². The van der Waals surface area contributed by atoms with Gasteiger partial charge < -0.3 is 15.1 Å². The molecule has 0 aliphatic rings. The fourth-order valence-corrected chi connectivity index (χ4v) is 1.99. The predicted molar refractivity (Wildman–Crippen MR) is 80.4 cm³/mol. The Morgan fingerprint density at radius 2 is 2.15 bits per heavy atom. The standard InChI is InChI=1S/C16H22N2O2/c1-3-12(2)18-16(19)8-9-17-11-14-10-13-6-4-5-7-15(13)20-14/h4-7,10,12,17H,3,8-9,11H2,1-2H3,(H,18,19). The summed E-state index contributed by atoms with van der Waals surface area (Å²) in [6, 6.07) is 10.2. The van der Waals surface area contributed by atoms with Gasteiger partial charge in [-0.2, -0.15) is 0 Å². The Bertz CT molecular complexity index is 529. The highest BCUT2D eigenvalue weighted by Crippen LogP contribution is 2.18. The van der Waals surface area contributed by atoms with Crippen LogP contribution in [0.5, 0.6) is 0 Å². The summed E-state index contributed by atoms with van der Waals surface area (Å²) < 4.78 is 5.69. The lowest BCUT2D eigenvalue weighted by atomic mass is 10.2. The normalized spacial score (nSPS) is 12.5. The molecule has 108 valence electrons. The summed E-state index contributed by atoms with van der Waals surface area (Å²) in [7, 11) is 0. The Morgan fingerprint density at radius 1 is 1.35 bits per heavy atom. The van der Waals surface area contributed by atoms with Crippen LogP contribution in [0.25, 0.3) is 11.0 Å². The third kappa shape index (κ3) is 4.10. The molecule has 0 saturated carbocycles. The number of benzene rings is 1. The van der Waals surface area contributed by atoms with Crippen molar-refractivity contribution in [1.82, 2.24) is 10.6 Å². The molecule has 0 aliphatic carbocycles. The van der Waals surface area contributed by atoms with Gasteiger partial charge in [0, 0.05) is 24.4 Å². The number of para-hydroxylation sites is 1. The summed E-state index contributed by atoms with van der Waals surface area (Å²) in [4.78, 5) is 11.6. The first-order valence-electron chi connectivity index (χ1n) is 7.16. The number of rotatable bonds is 7. The molecule has 0 radical (unpaired) electrons. The largest absolute Gasteiger partial charge is 0.460 e. The van der Waals surface area contributed by atoms with Gasteiger partial charge >= 0.3 is 0 Å². The SMILES string of the molecule is CCC(C)NC(=O)CCNCc1cc2ccccc2o1. The minimum atomic E-state index is 0.0939. The molecule has 1 aromatic heterocycles. The van der Waals surface area contributed by atoms with Gasteiger partial charge in [0.2, 0.25) is 5.91 Å². The molecule has 0 saturated heterocycles. The fourth-order valence-electron chi connectivity index (χ4n) is 1.99. The van der Waals surface area contributed by atoms with Crippen LogP contribution in [0.15, 0.2) is 34.7 Å². The summed E-state index contributed by atoms with van der Waals surface area (Å²) >= 11 is 0. The molecule has 2 rings (SSSR count). The zero-order valence-corrected chi connectivity index (χ0v) is 12.1. The minimum absolute atomic E-state index is 0.0939. The van der Waals surface area contributed by atoms with E-state index in [2.05, 4.69) is 17.6 Å². The maximum atomic E-state index is 11.6. The maximum absolute atomic E-state index is 11.6. The first-order valence-corrected chi connectivity index (χ1v) is 7.16. The van der Waals surface area contributed by atoms with Crippen LogP contribution >= 0.6 is 0 Å². The van der Waals surface area contributed by atoms with Crippen LogP contribution in [0.1, 0.15) is 32.4 Å². The van der Waals surface area contributed by atoms with Crippen molar-refractivity contribution in [2.45, 2.75) is 39.3 Å². The van der Waals surface area contributed by atoms with E-state index < -0.39 is 0 Å². The van der Waals surface area contributed by atoms with E-state index in [0.29, 0.717) is 19.5 Å². The Hall–Kier alpha value is -1.81. The molecule has 4 nitrogen and oxygen atoms in total. The lowest BCUT2D eigenvalue weighted by molar-refractivity contribution is -0.121. The third-order valence-electron chi connectivity index (χ3n) is 3.32. The molecule has 1 atom stereocenters. The molecule has 0 fully saturated rings. The van der Waals surface area contributed by atoms with Crippen LogP contribution in [0.2, 0.25) is 0 Å². The average Bonchev–Trinajstić information content (AvgIpc) is 2.86. The zero-order chi connectivity index (χ0) is 14.4. The van der Waals surface area contributed by atoms with Gasteiger partial charge in [0.05, 0.1) is 6.54 Å². The van der Waals surface area contributed by atoms with E-state index in [1.807, 2.05) is 37.3 Å². The Kier molecular flexibility index (Phi) is 5.18. The highest BCUT2D eigenvalue weighted by molar-refractivity contribution is 5.77. The summed E-state index contributed by atoms with van der Waals surface area (Å²) in [5, 5.41) is 7.29. The molecule has 0 aliphatic heterocycles. The number of nitrogens with one attached hydrogen (secondary N) is 2. The predicted octanol–water partition coefficient (Wildman–Crippen LogP) is 2.83. The van der Waals surface area contributed by atoms with Crippen molar-refractivity contribution in [3.8, 4) is 0 Å². The third-order valence-corrected chi connectivity index (χ3v) is 3.32. The Balaban J connectivity index is 1.72. The van der Waals surface area contributed by atoms with Crippen molar-refractivity contribution >= 4 is 16.9 Å². The van der Waals surface area contributed by atoms with Gasteiger partial charge in [-0.25, -0.2) is 0 Å². The van der Waals surface area contributed by atoms with E-state index in [9.17, 15) is 4.79 Å². The second kappa shape index (κ2) is 7.10. The summed E-state index contributed by atoms with van der Waals surface area (Å²) in [6.45, 7) is 5.37. The number of carbonyl (C=O) groups excluding carboxylic acids is 1. The molecule has 1 unspecified atom stereocenters. The van der Waals surface area contributed by atoms with Crippen molar-refractivity contribution in [2.75, 3.05) is 6.54 Å². The minimum Gasteiger partial charge on any atom is -0.460 e. The van der Waals surface area contributed by atoms with Crippen LogP contribution in [0.3, 0.4) is 0 Å². The first kappa shape index (κ1) is 14.6. The number of carbonyl (C=O) groups is 1. The van der Waals surface area contributed by atoms with Crippen LogP contribution in [-0.4, -0.2) is 18.5 Å². The first-order chi connectivity index (χ1) is 9.69. The van der Waals surface area contributed by atoms with Gasteiger partial charge in [0.15, 0.2) is 0 Å². The number of furan rings is 1. The Labute approximate surface area is 119 Å². The van der Waals surface area contributed by atoms with Crippen molar-refractivity contribution in [1.29, 1.82) is 0 Å². The van der Waals surface area contributed by atoms with Crippen LogP contribution in [-0.2, 0) is 11.3 Å². The van der Waals surface area contributed by atoms with E-state index >= 15 is 0 Å². The highest BCUT2D eigenvalue weighted by Gasteiger charge is 2.06. The zero-order valence-electron chi connectivity index (χ0n) is 12.1. The number of hydrogen-bond donors (Lipinski definition) is 2. The lowest BCUT2D eigenvalue weighted by Crippen LogP contribution is -2.33. The molecular weight excluding hydrogens is 252 g/mol. The van der Waals surface area contributed by atoms with E-state index in [0.717, 1.165) is 23.2 Å². The van der Waals surface area contributed by atoms with Gasteiger partial charge in [-0.3, -0.25) is 4.79 Å². The summed E-state index contributed by atoms with van der Waals surface area (Å²) in [5.41, 5.74) is 0.902. The highest BCUT2D eigenvalue weighted by atomic mass is 16.3. The molecule has 0 bridgehead atoms. The van der Waals surface area contributed by atoms with Crippen molar-refractivity contribution in [3.63, 3.8) is 0 Å². The van der Waals surface area contributed by atoms with E-state index in [1.54, 1.807) is 0 Å². The van der Waals surface area contributed by atoms with Gasteiger partial charge in [0.1, 0.15) is 11.3 Å². The van der Waals surface area contributed by atoms with Gasteiger partial charge in [0.25, 0.3) is 0 Å². The molecule has 2 N–H and O–H groups in total. The summed E-state index contributed by atoms with van der Waals surface area (Å²) in [5.74, 6) is 0.991. The molecule has 1 amide bonds. The molecule has 2 aromatic rings. The van der Waals surface area contributed by atoms with E-state index in [-0.39, 0.29) is 11.9 Å². The molecule has 1 heterocycles. The van der Waals surface area contributed by atoms with Crippen molar-refractivity contribution in [3.05, 3.63) is 36.1 Å².